The van der Waals surface area contributed by atoms with Crippen molar-refractivity contribution in [3.05, 3.63) is 35.6 Å². The molecule has 0 aliphatic rings. The second-order valence-electron chi connectivity index (χ2n) is 4.41. The zero-order valence-corrected chi connectivity index (χ0v) is 12.0. The summed E-state index contributed by atoms with van der Waals surface area (Å²) in [5, 5.41) is 0.299. The van der Waals surface area contributed by atoms with Crippen LogP contribution in [0.4, 0.5) is 17.6 Å². The van der Waals surface area contributed by atoms with Crippen LogP contribution in [0.2, 0.25) is 0 Å². The Morgan fingerprint density at radius 2 is 1.84 bits per heavy atom. The molecule has 0 fully saturated rings. The van der Waals surface area contributed by atoms with Gasteiger partial charge in [0.25, 0.3) is 0 Å². The van der Waals surface area contributed by atoms with Crippen molar-refractivity contribution in [2.24, 2.45) is 0 Å². The lowest BCUT2D eigenvalue weighted by atomic mass is 9.97. The van der Waals surface area contributed by atoms with E-state index in [-0.39, 0.29) is 13.0 Å². The Labute approximate surface area is 118 Å². The van der Waals surface area contributed by atoms with E-state index in [1.807, 2.05) is 0 Å². The van der Waals surface area contributed by atoms with E-state index in [9.17, 15) is 17.6 Å². The van der Waals surface area contributed by atoms with Crippen molar-refractivity contribution in [1.29, 1.82) is 0 Å². The van der Waals surface area contributed by atoms with Crippen LogP contribution in [0.1, 0.15) is 25.3 Å². The van der Waals surface area contributed by atoms with E-state index in [0.717, 1.165) is 0 Å². The Balaban J connectivity index is 2.64. The normalized spacial score (nSPS) is 15.3. The Morgan fingerprint density at radius 1 is 1.21 bits per heavy atom. The second-order valence-corrected chi connectivity index (χ2v) is 4.97. The maximum atomic E-state index is 13.7. The van der Waals surface area contributed by atoms with E-state index in [1.54, 1.807) is 25.1 Å². The maximum Gasteiger partial charge on any atom is 0.389 e. The molecule has 108 valence electrons. The Kier molecular flexibility index (Phi) is 5.80. The highest BCUT2D eigenvalue weighted by Gasteiger charge is 2.30. The average molecular weight is 343 g/mol. The first-order valence-corrected chi connectivity index (χ1v) is 6.92. The highest BCUT2D eigenvalue weighted by Crippen LogP contribution is 2.30. The number of rotatable bonds is 6. The molecule has 1 aromatic carbocycles. The molecule has 1 nitrogen and oxygen atoms in total. The summed E-state index contributed by atoms with van der Waals surface area (Å²) in [6.07, 6.45) is -5.23. The van der Waals surface area contributed by atoms with Crippen LogP contribution in [0, 0.1) is 5.82 Å². The topological polar surface area (TPSA) is 9.23 Å². The molecular weight excluding hydrogens is 328 g/mol. The van der Waals surface area contributed by atoms with Crippen molar-refractivity contribution < 1.29 is 22.3 Å². The van der Waals surface area contributed by atoms with Crippen molar-refractivity contribution in [3.63, 3.8) is 0 Å². The summed E-state index contributed by atoms with van der Waals surface area (Å²) in [5.41, 5.74) is -0.643. The first-order valence-electron chi connectivity index (χ1n) is 5.80. The molecule has 1 aromatic rings. The third-order valence-corrected chi connectivity index (χ3v) is 3.79. The minimum atomic E-state index is -4.19. The van der Waals surface area contributed by atoms with Gasteiger partial charge >= 0.3 is 6.18 Å². The van der Waals surface area contributed by atoms with Gasteiger partial charge in [0.2, 0.25) is 0 Å². The SMILES string of the molecule is CC(CBr)(OCCCC(F)(F)F)c1ccccc1F. The second kappa shape index (κ2) is 6.70. The first kappa shape index (κ1) is 16.4. The first-order chi connectivity index (χ1) is 8.78. The number of benzene rings is 1. The van der Waals surface area contributed by atoms with Gasteiger partial charge in [0.05, 0.1) is 0 Å². The fourth-order valence-electron chi connectivity index (χ4n) is 1.65. The summed E-state index contributed by atoms with van der Waals surface area (Å²) >= 11 is 3.22. The van der Waals surface area contributed by atoms with E-state index >= 15 is 0 Å². The molecule has 6 heteroatoms. The third-order valence-electron chi connectivity index (χ3n) is 2.72. The van der Waals surface area contributed by atoms with E-state index in [2.05, 4.69) is 15.9 Å². The number of hydrogen-bond acceptors (Lipinski definition) is 1. The standard InChI is InChI=1S/C13H15BrF4O/c1-12(9-14,10-5-2-3-6-11(10)15)19-8-4-7-13(16,17)18/h2-3,5-6H,4,7-9H2,1H3. The van der Waals surface area contributed by atoms with Gasteiger partial charge in [-0.3, -0.25) is 0 Å². The molecule has 0 aromatic heterocycles. The number of alkyl halides is 4. The van der Waals surface area contributed by atoms with Crippen LogP contribution in [-0.2, 0) is 10.3 Å². The minimum Gasteiger partial charge on any atom is -0.370 e. The van der Waals surface area contributed by atoms with Crippen molar-refractivity contribution in [3.8, 4) is 0 Å². The molecule has 19 heavy (non-hydrogen) atoms. The van der Waals surface area contributed by atoms with Crippen molar-refractivity contribution >= 4 is 15.9 Å². The predicted octanol–water partition coefficient (Wildman–Crippen LogP) is 4.79. The molecule has 0 radical (unpaired) electrons. The molecule has 1 unspecified atom stereocenters. The number of hydrogen-bond donors (Lipinski definition) is 0. The van der Waals surface area contributed by atoms with Gasteiger partial charge in [0.15, 0.2) is 0 Å². The van der Waals surface area contributed by atoms with Gasteiger partial charge in [-0.1, -0.05) is 34.1 Å². The van der Waals surface area contributed by atoms with E-state index in [0.29, 0.717) is 10.9 Å². The van der Waals surface area contributed by atoms with Crippen molar-refractivity contribution in [2.75, 3.05) is 11.9 Å². The molecular formula is C13H15BrF4O. The van der Waals surface area contributed by atoms with Gasteiger partial charge < -0.3 is 4.74 Å². The molecule has 1 rings (SSSR count). The van der Waals surface area contributed by atoms with Crippen molar-refractivity contribution in [2.45, 2.75) is 31.5 Å². The third kappa shape index (κ3) is 5.10. The molecule has 0 amide bonds. The summed E-state index contributed by atoms with van der Waals surface area (Å²) in [5.74, 6) is -0.430. The summed E-state index contributed by atoms with van der Waals surface area (Å²) in [6, 6.07) is 6.09. The lowest BCUT2D eigenvalue weighted by Gasteiger charge is -2.29. The van der Waals surface area contributed by atoms with E-state index in [4.69, 9.17) is 4.74 Å². The quantitative estimate of drug-likeness (QED) is 0.410. The molecule has 0 bridgehead atoms. The molecule has 0 aliphatic carbocycles. The molecule has 0 N–H and O–H groups in total. The summed E-state index contributed by atoms with van der Waals surface area (Å²) < 4.78 is 55.2. The van der Waals surface area contributed by atoms with Crippen LogP contribution < -0.4 is 0 Å². The Hall–Kier alpha value is -0.620. The van der Waals surface area contributed by atoms with Crippen LogP contribution >= 0.6 is 15.9 Å². The fourth-order valence-corrected chi connectivity index (χ4v) is 2.11. The van der Waals surface area contributed by atoms with Gasteiger partial charge in [-0.2, -0.15) is 13.2 Å². The molecule has 0 aliphatic heterocycles. The monoisotopic (exact) mass is 342 g/mol. The van der Waals surface area contributed by atoms with Crippen LogP contribution in [0.3, 0.4) is 0 Å². The summed E-state index contributed by atoms with van der Waals surface area (Å²) in [7, 11) is 0. The summed E-state index contributed by atoms with van der Waals surface area (Å²) in [6.45, 7) is 1.57. The van der Waals surface area contributed by atoms with Gasteiger partial charge in [-0.15, -0.1) is 0 Å². The lowest BCUT2D eigenvalue weighted by Crippen LogP contribution is -2.30. The zero-order chi connectivity index (χ0) is 14.5. The van der Waals surface area contributed by atoms with Crippen LogP contribution in [0.15, 0.2) is 24.3 Å². The molecule has 1 atom stereocenters. The zero-order valence-electron chi connectivity index (χ0n) is 10.4. The average Bonchev–Trinajstić information content (AvgIpc) is 2.34. The fraction of sp³-hybridized carbons (Fsp3) is 0.538. The van der Waals surface area contributed by atoms with Gasteiger partial charge in [-0.25, -0.2) is 4.39 Å². The minimum absolute atomic E-state index is 0.0735. The van der Waals surface area contributed by atoms with Crippen LogP contribution in [-0.4, -0.2) is 18.1 Å². The highest BCUT2D eigenvalue weighted by atomic mass is 79.9. The van der Waals surface area contributed by atoms with Gasteiger partial charge in [0, 0.05) is 23.9 Å². The van der Waals surface area contributed by atoms with E-state index < -0.39 is 24.0 Å². The molecule has 0 spiro atoms. The van der Waals surface area contributed by atoms with Crippen molar-refractivity contribution in [1.82, 2.24) is 0 Å². The molecule has 0 heterocycles. The van der Waals surface area contributed by atoms with E-state index in [1.165, 1.54) is 6.07 Å². The Morgan fingerprint density at radius 3 is 2.37 bits per heavy atom. The molecule has 0 saturated carbocycles. The number of ether oxygens (including phenoxy) is 1. The van der Waals surface area contributed by atoms with Crippen LogP contribution in [0.25, 0.3) is 0 Å². The lowest BCUT2D eigenvalue weighted by molar-refractivity contribution is -0.141. The predicted molar refractivity (Wildman–Crippen MR) is 68.8 cm³/mol. The van der Waals surface area contributed by atoms with Crippen LogP contribution in [0.5, 0.6) is 0 Å². The Bertz CT molecular complexity index is 408. The van der Waals surface area contributed by atoms with Gasteiger partial charge in [-0.05, 0) is 19.4 Å². The largest absolute Gasteiger partial charge is 0.389 e. The molecule has 0 saturated heterocycles. The highest BCUT2D eigenvalue weighted by molar-refractivity contribution is 9.09. The van der Waals surface area contributed by atoms with Gasteiger partial charge in [0.1, 0.15) is 11.4 Å². The smallest absolute Gasteiger partial charge is 0.370 e. The summed E-state index contributed by atoms with van der Waals surface area (Å²) in [4.78, 5) is 0. The number of halogens is 5. The maximum absolute atomic E-state index is 13.7.